The maximum Gasteiger partial charge on any atom is 0.318 e. The van der Waals surface area contributed by atoms with Gasteiger partial charge in [0.25, 0.3) is 0 Å². The van der Waals surface area contributed by atoms with Gasteiger partial charge in [-0.3, -0.25) is 0 Å². The van der Waals surface area contributed by atoms with Crippen molar-refractivity contribution in [2.75, 3.05) is 6.54 Å². The van der Waals surface area contributed by atoms with Gasteiger partial charge >= 0.3 is 6.03 Å². The molecule has 0 radical (unpaired) electrons. The van der Waals surface area contributed by atoms with Crippen molar-refractivity contribution in [3.8, 4) is 0 Å². The van der Waals surface area contributed by atoms with E-state index < -0.39 is 0 Å². The van der Waals surface area contributed by atoms with E-state index in [1.54, 1.807) is 6.20 Å². The molecule has 2 amide bonds. The standard InChI is InChI=1S/C19H22N2O/c1-15-7-9-17(10-8-15)11-13-20-19(22)21-14-12-18-6-4-3-5-16(18)2/h3-11,13H,12,14H2,1-2H3,(H2,20,21,22)/b13-11+. The molecule has 0 heterocycles. The lowest BCUT2D eigenvalue weighted by Gasteiger charge is -2.07. The quantitative estimate of drug-likeness (QED) is 0.865. The molecule has 2 N–H and O–H groups in total. The third kappa shape index (κ3) is 5.09. The minimum Gasteiger partial charge on any atom is -0.338 e. The zero-order valence-electron chi connectivity index (χ0n) is 13.1. The van der Waals surface area contributed by atoms with E-state index in [9.17, 15) is 4.79 Å². The van der Waals surface area contributed by atoms with Crippen molar-refractivity contribution >= 4 is 12.1 Å². The van der Waals surface area contributed by atoms with Crippen LogP contribution in [0, 0.1) is 13.8 Å². The van der Waals surface area contributed by atoms with Gasteiger partial charge in [0.15, 0.2) is 0 Å². The Hall–Kier alpha value is -2.55. The summed E-state index contributed by atoms with van der Waals surface area (Å²) in [4.78, 5) is 11.7. The summed E-state index contributed by atoms with van der Waals surface area (Å²) in [6, 6.07) is 16.2. The van der Waals surface area contributed by atoms with Crippen molar-refractivity contribution in [1.29, 1.82) is 0 Å². The van der Waals surface area contributed by atoms with Crippen molar-refractivity contribution < 1.29 is 4.79 Å². The van der Waals surface area contributed by atoms with Crippen molar-refractivity contribution in [3.63, 3.8) is 0 Å². The van der Waals surface area contributed by atoms with Crippen LogP contribution in [-0.2, 0) is 6.42 Å². The number of urea groups is 1. The molecule has 0 spiro atoms. The molecule has 0 atom stereocenters. The smallest absolute Gasteiger partial charge is 0.318 e. The average Bonchev–Trinajstić information content (AvgIpc) is 2.51. The van der Waals surface area contributed by atoms with E-state index in [0.717, 1.165) is 12.0 Å². The van der Waals surface area contributed by atoms with Gasteiger partial charge in [-0.2, -0.15) is 0 Å². The van der Waals surface area contributed by atoms with Gasteiger partial charge in [-0.05, 0) is 43.0 Å². The Morgan fingerprint density at radius 3 is 2.50 bits per heavy atom. The van der Waals surface area contributed by atoms with Crippen LogP contribution in [0.3, 0.4) is 0 Å². The second-order valence-electron chi connectivity index (χ2n) is 5.32. The van der Waals surface area contributed by atoms with Crippen molar-refractivity contribution in [3.05, 3.63) is 77.0 Å². The van der Waals surface area contributed by atoms with Gasteiger partial charge in [0, 0.05) is 12.7 Å². The van der Waals surface area contributed by atoms with Crippen molar-refractivity contribution in [2.24, 2.45) is 0 Å². The summed E-state index contributed by atoms with van der Waals surface area (Å²) in [5.74, 6) is 0. The normalized spacial score (nSPS) is 10.6. The summed E-state index contributed by atoms with van der Waals surface area (Å²) in [6.07, 6.45) is 4.37. The molecule has 2 aromatic carbocycles. The van der Waals surface area contributed by atoms with Crippen LogP contribution < -0.4 is 10.6 Å². The number of carbonyl (C=O) groups is 1. The van der Waals surface area contributed by atoms with Gasteiger partial charge in [0.05, 0.1) is 0 Å². The number of carbonyl (C=O) groups excluding carboxylic acids is 1. The molecule has 0 bridgehead atoms. The van der Waals surface area contributed by atoms with Gasteiger partial charge in [0.1, 0.15) is 0 Å². The summed E-state index contributed by atoms with van der Waals surface area (Å²) in [5.41, 5.74) is 4.80. The Labute approximate surface area is 132 Å². The molecule has 22 heavy (non-hydrogen) atoms. The minimum absolute atomic E-state index is 0.183. The molecule has 2 aromatic rings. The first-order chi connectivity index (χ1) is 10.6. The van der Waals surface area contributed by atoms with Crippen LogP contribution in [0.1, 0.15) is 22.3 Å². The number of aryl methyl sites for hydroxylation is 2. The predicted octanol–water partition coefficient (Wildman–Crippen LogP) is 3.82. The van der Waals surface area contributed by atoms with E-state index in [1.807, 2.05) is 49.4 Å². The summed E-state index contributed by atoms with van der Waals surface area (Å²) < 4.78 is 0. The maximum absolute atomic E-state index is 11.7. The van der Waals surface area contributed by atoms with Crippen molar-refractivity contribution in [2.45, 2.75) is 20.3 Å². The lowest BCUT2D eigenvalue weighted by molar-refractivity contribution is 0.244. The third-order valence-corrected chi connectivity index (χ3v) is 3.51. The molecule has 0 fully saturated rings. The first-order valence-electron chi connectivity index (χ1n) is 7.47. The van der Waals surface area contributed by atoms with E-state index in [4.69, 9.17) is 0 Å². The summed E-state index contributed by atoms with van der Waals surface area (Å²) in [5, 5.41) is 5.57. The Kier molecular flexibility index (Phi) is 5.78. The highest BCUT2D eigenvalue weighted by atomic mass is 16.2. The second kappa shape index (κ2) is 8.03. The van der Waals surface area contributed by atoms with Crippen LogP contribution in [0.5, 0.6) is 0 Å². The Morgan fingerprint density at radius 2 is 1.77 bits per heavy atom. The fraction of sp³-hybridized carbons (Fsp3) is 0.211. The van der Waals surface area contributed by atoms with Gasteiger partial charge in [-0.25, -0.2) is 4.79 Å². The fourth-order valence-corrected chi connectivity index (χ4v) is 2.14. The Balaban J connectivity index is 1.72. The SMILES string of the molecule is Cc1ccc(/C=C/NC(=O)NCCc2ccccc2C)cc1. The van der Waals surface area contributed by atoms with E-state index in [-0.39, 0.29) is 6.03 Å². The number of rotatable bonds is 5. The zero-order valence-corrected chi connectivity index (χ0v) is 13.1. The summed E-state index contributed by atoms with van der Waals surface area (Å²) in [7, 11) is 0. The summed E-state index contributed by atoms with van der Waals surface area (Å²) >= 11 is 0. The first kappa shape index (κ1) is 15.8. The van der Waals surface area contributed by atoms with Gasteiger partial charge < -0.3 is 10.6 Å². The van der Waals surface area contributed by atoms with Gasteiger partial charge in [0.2, 0.25) is 0 Å². The van der Waals surface area contributed by atoms with Crippen LogP contribution >= 0.6 is 0 Å². The van der Waals surface area contributed by atoms with Crippen LogP contribution in [0.25, 0.3) is 6.08 Å². The van der Waals surface area contributed by atoms with Crippen molar-refractivity contribution in [1.82, 2.24) is 10.6 Å². The Morgan fingerprint density at radius 1 is 1.05 bits per heavy atom. The van der Waals surface area contributed by atoms with E-state index in [2.05, 4.69) is 29.7 Å². The molecule has 0 aliphatic heterocycles. The largest absolute Gasteiger partial charge is 0.338 e. The number of benzene rings is 2. The molecule has 3 nitrogen and oxygen atoms in total. The number of amides is 2. The van der Waals surface area contributed by atoms with Crippen LogP contribution in [0.2, 0.25) is 0 Å². The van der Waals surface area contributed by atoms with E-state index in [1.165, 1.54) is 16.7 Å². The highest BCUT2D eigenvalue weighted by Crippen LogP contribution is 2.07. The minimum atomic E-state index is -0.183. The molecule has 0 saturated heterocycles. The first-order valence-corrected chi connectivity index (χ1v) is 7.47. The molecule has 0 unspecified atom stereocenters. The van der Waals surface area contributed by atoms with Crippen LogP contribution in [0.4, 0.5) is 4.79 Å². The van der Waals surface area contributed by atoms with E-state index >= 15 is 0 Å². The maximum atomic E-state index is 11.7. The van der Waals surface area contributed by atoms with Gasteiger partial charge in [-0.15, -0.1) is 0 Å². The number of nitrogens with one attached hydrogen (secondary N) is 2. The van der Waals surface area contributed by atoms with Crippen LogP contribution in [0.15, 0.2) is 54.7 Å². The van der Waals surface area contributed by atoms with Gasteiger partial charge in [-0.1, -0.05) is 54.1 Å². The molecular weight excluding hydrogens is 272 g/mol. The topological polar surface area (TPSA) is 41.1 Å². The molecule has 114 valence electrons. The fourth-order valence-electron chi connectivity index (χ4n) is 2.14. The Bertz CT molecular complexity index is 645. The lowest BCUT2D eigenvalue weighted by atomic mass is 10.1. The van der Waals surface area contributed by atoms with Crippen LogP contribution in [-0.4, -0.2) is 12.6 Å². The monoisotopic (exact) mass is 294 g/mol. The molecular formula is C19H22N2O. The average molecular weight is 294 g/mol. The highest BCUT2D eigenvalue weighted by Gasteiger charge is 1.99. The van der Waals surface area contributed by atoms with E-state index in [0.29, 0.717) is 6.54 Å². The lowest BCUT2D eigenvalue weighted by Crippen LogP contribution is -2.33. The molecule has 2 rings (SSSR count). The molecule has 3 heteroatoms. The molecule has 0 aliphatic rings. The number of hydrogen-bond acceptors (Lipinski definition) is 1. The molecule has 0 saturated carbocycles. The molecule has 0 aromatic heterocycles. The zero-order chi connectivity index (χ0) is 15.8. The second-order valence-corrected chi connectivity index (χ2v) is 5.32. The summed E-state index contributed by atoms with van der Waals surface area (Å²) in [6.45, 7) is 4.75. The molecule has 0 aliphatic carbocycles. The highest BCUT2D eigenvalue weighted by molar-refractivity contribution is 5.75. The number of hydrogen-bond donors (Lipinski definition) is 2. The predicted molar refractivity (Wildman–Crippen MR) is 91.6 cm³/mol. The third-order valence-electron chi connectivity index (χ3n) is 3.51.